The molecule has 0 aliphatic heterocycles. The van der Waals surface area contributed by atoms with Crippen molar-refractivity contribution >= 4 is 17.9 Å². The molecule has 3 aromatic rings. The van der Waals surface area contributed by atoms with Gasteiger partial charge in [-0.05, 0) is 48.6 Å². The molecule has 0 bridgehead atoms. The molecule has 0 unspecified atom stereocenters. The molecule has 10 nitrogen and oxygen atoms in total. The number of hydrogen-bond donors (Lipinski definition) is 2. The van der Waals surface area contributed by atoms with E-state index in [9.17, 15) is 4.79 Å². The van der Waals surface area contributed by atoms with E-state index in [0.717, 1.165) is 23.1 Å². The molecule has 0 saturated heterocycles. The van der Waals surface area contributed by atoms with E-state index < -0.39 is 5.91 Å². The number of carbonyl (C=O) groups is 1. The van der Waals surface area contributed by atoms with E-state index in [0.29, 0.717) is 12.1 Å². The summed E-state index contributed by atoms with van der Waals surface area (Å²) in [6.45, 7) is 8.03. The minimum Gasteiger partial charge on any atom is -0.378 e. The van der Waals surface area contributed by atoms with Gasteiger partial charge in [0.05, 0.1) is 11.9 Å². The Balaban J connectivity index is 1.83. The van der Waals surface area contributed by atoms with Crippen LogP contribution in [0.15, 0.2) is 21.9 Å². The highest BCUT2D eigenvalue weighted by atomic mass is 16.6. The second-order valence-corrected chi connectivity index (χ2v) is 6.53. The predicted octanol–water partition coefficient (Wildman–Crippen LogP) is 1.87. The van der Waals surface area contributed by atoms with Crippen molar-refractivity contribution in [1.29, 1.82) is 0 Å². The van der Waals surface area contributed by atoms with Crippen molar-refractivity contribution in [3.05, 3.63) is 45.8 Å². The summed E-state index contributed by atoms with van der Waals surface area (Å²) in [4.78, 5) is 12.6. The number of benzene rings is 1. The smallest absolute Gasteiger partial charge is 0.293 e. The molecule has 3 N–H and O–H groups in total. The second kappa shape index (κ2) is 7.99. The standard InChI is InChI=1S/C18H22N8O2/c1-5-6-14-15(21-25-26(14)17-16(19)23-28-24-17)18(27)22-20-9-13-11(3)7-10(2)8-12(13)4/h7-9H,5-6H2,1-4H3,(H2,19,23)(H,22,27). The van der Waals surface area contributed by atoms with E-state index in [2.05, 4.69) is 47.9 Å². The first-order valence-electron chi connectivity index (χ1n) is 8.86. The van der Waals surface area contributed by atoms with E-state index in [4.69, 9.17) is 5.73 Å². The van der Waals surface area contributed by atoms with Crippen LogP contribution in [0, 0.1) is 20.8 Å². The zero-order valence-corrected chi connectivity index (χ0v) is 16.2. The number of nitrogens with zero attached hydrogens (tertiary/aromatic N) is 6. The zero-order chi connectivity index (χ0) is 20.3. The molecule has 2 aromatic heterocycles. The van der Waals surface area contributed by atoms with Crippen LogP contribution in [0.1, 0.15) is 51.8 Å². The van der Waals surface area contributed by atoms with Gasteiger partial charge >= 0.3 is 0 Å². The average molecular weight is 382 g/mol. The highest BCUT2D eigenvalue weighted by molar-refractivity contribution is 5.94. The van der Waals surface area contributed by atoms with Crippen LogP contribution in [-0.4, -0.2) is 37.4 Å². The molecule has 0 atom stereocenters. The Morgan fingerprint density at radius 3 is 2.61 bits per heavy atom. The van der Waals surface area contributed by atoms with E-state index >= 15 is 0 Å². The first-order valence-corrected chi connectivity index (χ1v) is 8.86. The van der Waals surface area contributed by atoms with Crippen molar-refractivity contribution < 1.29 is 9.42 Å². The molecule has 146 valence electrons. The van der Waals surface area contributed by atoms with Gasteiger partial charge in [0.15, 0.2) is 5.69 Å². The second-order valence-electron chi connectivity index (χ2n) is 6.53. The number of anilines is 1. The van der Waals surface area contributed by atoms with Crippen molar-refractivity contribution in [1.82, 2.24) is 30.7 Å². The monoisotopic (exact) mass is 382 g/mol. The highest BCUT2D eigenvalue weighted by Gasteiger charge is 2.23. The van der Waals surface area contributed by atoms with Crippen LogP contribution in [0.2, 0.25) is 0 Å². The molecule has 0 aliphatic rings. The van der Waals surface area contributed by atoms with Crippen molar-refractivity contribution in [2.75, 3.05) is 5.73 Å². The SMILES string of the molecule is CCCc1c(C(=O)NN=Cc2c(C)cc(C)cc2C)nnn1-c1nonc1N. The van der Waals surface area contributed by atoms with Gasteiger partial charge < -0.3 is 5.73 Å². The van der Waals surface area contributed by atoms with Gasteiger partial charge in [0.25, 0.3) is 5.91 Å². The topological polar surface area (TPSA) is 137 Å². The summed E-state index contributed by atoms with van der Waals surface area (Å²) in [5, 5.41) is 19.3. The molecule has 1 amide bonds. The maximum absolute atomic E-state index is 12.6. The number of aromatic nitrogens is 5. The molecule has 0 saturated carbocycles. The molecule has 10 heteroatoms. The van der Waals surface area contributed by atoms with Crippen LogP contribution in [-0.2, 0) is 6.42 Å². The molecule has 28 heavy (non-hydrogen) atoms. The number of hydrazone groups is 1. The summed E-state index contributed by atoms with van der Waals surface area (Å²) < 4.78 is 5.97. The van der Waals surface area contributed by atoms with E-state index in [1.807, 2.05) is 27.7 Å². The van der Waals surface area contributed by atoms with Crippen LogP contribution in [0.5, 0.6) is 0 Å². The number of amides is 1. The molecular formula is C18H22N8O2. The Bertz CT molecular complexity index is 1010. The van der Waals surface area contributed by atoms with E-state index in [1.54, 1.807) is 6.21 Å². The highest BCUT2D eigenvalue weighted by Crippen LogP contribution is 2.17. The van der Waals surface area contributed by atoms with Crippen molar-refractivity contribution in [3.63, 3.8) is 0 Å². The van der Waals surface area contributed by atoms with Gasteiger partial charge in [-0.1, -0.05) is 36.3 Å². The van der Waals surface area contributed by atoms with E-state index in [-0.39, 0.29) is 17.3 Å². The van der Waals surface area contributed by atoms with Gasteiger partial charge in [-0.15, -0.1) is 5.10 Å². The summed E-state index contributed by atoms with van der Waals surface area (Å²) in [6.07, 6.45) is 2.94. The number of hydrogen-bond acceptors (Lipinski definition) is 8. The molecule has 2 heterocycles. The van der Waals surface area contributed by atoms with Gasteiger partial charge in [0.1, 0.15) is 0 Å². The summed E-state index contributed by atoms with van der Waals surface area (Å²) >= 11 is 0. The summed E-state index contributed by atoms with van der Waals surface area (Å²) in [7, 11) is 0. The predicted molar refractivity (Wildman–Crippen MR) is 103 cm³/mol. The van der Waals surface area contributed by atoms with Crippen molar-refractivity contribution in [2.24, 2.45) is 5.10 Å². The van der Waals surface area contributed by atoms with Crippen LogP contribution in [0.4, 0.5) is 5.82 Å². The number of carbonyl (C=O) groups excluding carboxylic acids is 1. The van der Waals surface area contributed by atoms with Gasteiger partial charge in [0.2, 0.25) is 11.6 Å². The number of rotatable bonds is 6. The number of nitrogens with one attached hydrogen (secondary N) is 1. The first-order chi connectivity index (χ1) is 13.4. The van der Waals surface area contributed by atoms with Crippen LogP contribution < -0.4 is 11.2 Å². The summed E-state index contributed by atoms with van der Waals surface area (Å²) in [5.74, 6) is -0.203. The third-order valence-electron chi connectivity index (χ3n) is 4.26. The van der Waals surface area contributed by atoms with Crippen LogP contribution in [0.25, 0.3) is 5.82 Å². The summed E-state index contributed by atoms with van der Waals surface area (Å²) in [6, 6.07) is 4.13. The maximum Gasteiger partial charge on any atom is 0.293 e. The number of nitrogens with two attached hydrogens (primary N) is 1. The average Bonchev–Trinajstić information content (AvgIpc) is 3.23. The quantitative estimate of drug-likeness (QED) is 0.490. The lowest BCUT2D eigenvalue weighted by atomic mass is 10.0. The lowest BCUT2D eigenvalue weighted by molar-refractivity contribution is 0.0949. The first kappa shape index (κ1) is 19.2. The Morgan fingerprint density at radius 2 is 2.00 bits per heavy atom. The fraction of sp³-hybridized carbons (Fsp3) is 0.333. The van der Waals surface area contributed by atoms with Gasteiger partial charge in [0, 0.05) is 5.56 Å². The zero-order valence-electron chi connectivity index (χ0n) is 16.2. The molecule has 0 fully saturated rings. The fourth-order valence-corrected chi connectivity index (χ4v) is 3.05. The molecule has 0 spiro atoms. The maximum atomic E-state index is 12.6. The van der Waals surface area contributed by atoms with Gasteiger partial charge in [-0.3, -0.25) is 4.79 Å². The largest absolute Gasteiger partial charge is 0.378 e. The van der Waals surface area contributed by atoms with Crippen LogP contribution >= 0.6 is 0 Å². The molecular weight excluding hydrogens is 360 g/mol. The lowest BCUT2D eigenvalue weighted by Crippen LogP contribution is -2.20. The van der Waals surface area contributed by atoms with Crippen molar-refractivity contribution in [3.8, 4) is 5.82 Å². The lowest BCUT2D eigenvalue weighted by Gasteiger charge is -2.06. The van der Waals surface area contributed by atoms with Gasteiger partial charge in [-0.25, -0.2) is 10.1 Å². The molecule has 3 rings (SSSR count). The Morgan fingerprint density at radius 1 is 1.29 bits per heavy atom. The summed E-state index contributed by atoms with van der Waals surface area (Å²) in [5.41, 5.74) is 13.3. The molecule has 0 radical (unpaired) electrons. The normalized spacial score (nSPS) is 11.3. The van der Waals surface area contributed by atoms with Crippen LogP contribution in [0.3, 0.4) is 0 Å². The minimum absolute atomic E-state index is 0.0672. The molecule has 0 aliphatic carbocycles. The van der Waals surface area contributed by atoms with Gasteiger partial charge in [-0.2, -0.15) is 9.78 Å². The van der Waals surface area contributed by atoms with E-state index in [1.165, 1.54) is 10.2 Å². The number of nitrogen functional groups attached to an aromatic ring is 1. The molecule has 1 aromatic carbocycles. The third kappa shape index (κ3) is 3.75. The Hall–Kier alpha value is -3.56. The Kier molecular flexibility index (Phi) is 5.48. The minimum atomic E-state index is -0.469. The van der Waals surface area contributed by atoms with Crippen molar-refractivity contribution in [2.45, 2.75) is 40.5 Å². The third-order valence-corrected chi connectivity index (χ3v) is 4.26. The Labute approximate surface area is 161 Å². The fourth-order valence-electron chi connectivity index (χ4n) is 3.05. The number of aryl methyl sites for hydroxylation is 3.